The Bertz CT molecular complexity index is 594. The quantitative estimate of drug-likeness (QED) is 0.310. The highest BCUT2D eigenvalue weighted by atomic mass is 35.5. The van der Waals surface area contributed by atoms with Crippen molar-refractivity contribution in [1.29, 1.82) is 0 Å². The van der Waals surface area contributed by atoms with E-state index in [1.807, 2.05) is 6.92 Å². The lowest BCUT2D eigenvalue weighted by atomic mass is 10.1. The Kier molecular flexibility index (Phi) is 5.70. The van der Waals surface area contributed by atoms with Crippen LogP contribution in [-0.4, -0.2) is 40.6 Å². The number of carbonyl (C=O) groups is 1. The van der Waals surface area contributed by atoms with E-state index < -0.39 is 16.9 Å². The van der Waals surface area contributed by atoms with E-state index in [0.717, 1.165) is 25.5 Å². The van der Waals surface area contributed by atoms with Crippen molar-refractivity contribution in [3.05, 3.63) is 21.6 Å². The van der Waals surface area contributed by atoms with Crippen LogP contribution in [0.4, 0.5) is 11.5 Å². The number of aromatic nitrogens is 2. The van der Waals surface area contributed by atoms with Crippen LogP contribution in [0.25, 0.3) is 0 Å². The van der Waals surface area contributed by atoms with Gasteiger partial charge in [0, 0.05) is 6.54 Å². The number of hydrogen-bond donors (Lipinski definition) is 0. The van der Waals surface area contributed by atoms with Gasteiger partial charge in [-0.1, -0.05) is 19.8 Å². The summed E-state index contributed by atoms with van der Waals surface area (Å²) < 4.78 is 4.83. The molecule has 1 atom stereocenters. The standard InChI is InChI=1S/C14H19ClN4O4/c1-3-10(13(20)23-2)18(7-6-9-4-5-9)12-11(19(21)22)8-16-14(15)17-12/h8-10H,3-7H2,1-2H3/t10-/m1/s1. The number of esters is 1. The molecule has 1 aliphatic carbocycles. The van der Waals surface area contributed by atoms with E-state index in [-0.39, 0.29) is 16.8 Å². The first kappa shape index (κ1) is 17.4. The number of methoxy groups -OCH3 is 1. The van der Waals surface area contributed by atoms with E-state index in [2.05, 4.69) is 9.97 Å². The summed E-state index contributed by atoms with van der Waals surface area (Å²) in [5.41, 5.74) is -0.271. The van der Waals surface area contributed by atoms with Crippen molar-refractivity contribution in [2.45, 2.75) is 38.6 Å². The summed E-state index contributed by atoms with van der Waals surface area (Å²) in [6, 6.07) is -0.650. The summed E-state index contributed by atoms with van der Waals surface area (Å²) >= 11 is 5.81. The first-order valence-electron chi connectivity index (χ1n) is 7.49. The Balaban J connectivity index is 2.40. The molecule has 0 aromatic carbocycles. The fourth-order valence-corrected chi connectivity index (χ4v) is 2.60. The molecule has 0 amide bonds. The molecule has 0 unspecified atom stereocenters. The molecule has 0 radical (unpaired) electrons. The van der Waals surface area contributed by atoms with Crippen LogP contribution in [0, 0.1) is 16.0 Å². The van der Waals surface area contributed by atoms with Gasteiger partial charge in [-0.15, -0.1) is 0 Å². The van der Waals surface area contributed by atoms with E-state index in [9.17, 15) is 14.9 Å². The van der Waals surface area contributed by atoms with Crippen molar-refractivity contribution in [2.24, 2.45) is 5.92 Å². The Morgan fingerprint density at radius 1 is 1.61 bits per heavy atom. The van der Waals surface area contributed by atoms with Crippen molar-refractivity contribution in [3.63, 3.8) is 0 Å². The van der Waals surface area contributed by atoms with Crippen LogP contribution in [0.3, 0.4) is 0 Å². The maximum atomic E-state index is 12.1. The van der Waals surface area contributed by atoms with Crippen LogP contribution in [0.5, 0.6) is 0 Å². The summed E-state index contributed by atoms with van der Waals surface area (Å²) in [6.45, 7) is 2.30. The molecule has 0 aliphatic heterocycles. The fraction of sp³-hybridized carbons (Fsp3) is 0.643. The fourth-order valence-electron chi connectivity index (χ4n) is 2.47. The molecule has 0 saturated heterocycles. The smallest absolute Gasteiger partial charge is 0.329 e. The van der Waals surface area contributed by atoms with E-state index in [1.165, 1.54) is 7.11 Å². The average Bonchev–Trinajstić information content (AvgIpc) is 3.34. The number of halogens is 1. The third-order valence-corrected chi connectivity index (χ3v) is 4.08. The first-order valence-corrected chi connectivity index (χ1v) is 7.87. The Hall–Kier alpha value is -1.96. The highest BCUT2D eigenvalue weighted by molar-refractivity contribution is 6.28. The molecule has 8 nitrogen and oxygen atoms in total. The zero-order chi connectivity index (χ0) is 17.0. The summed E-state index contributed by atoms with van der Waals surface area (Å²) in [5, 5.41) is 11.2. The lowest BCUT2D eigenvalue weighted by Crippen LogP contribution is -2.43. The van der Waals surface area contributed by atoms with Crippen molar-refractivity contribution in [1.82, 2.24) is 9.97 Å². The average molecular weight is 343 g/mol. The Morgan fingerprint density at radius 3 is 2.83 bits per heavy atom. The molecule has 1 aromatic heterocycles. The van der Waals surface area contributed by atoms with Crippen LogP contribution in [-0.2, 0) is 9.53 Å². The lowest BCUT2D eigenvalue weighted by molar-refractivity contribution is -0.384. The number of ether oxygens (including phenoxy) is 1. The van der Waals surface area contributed by atoms with Gasteiger partial charge in [-0.3, -0.25) is 10.1 Å². The van der Waals surface area contributed by atoms with Gasteiger partial charge in [0.1, 0.15) is 12.2 Å². The molecule has 0 bridgehead atoms. The SMILES string of the molecule is CC[C@H](C(=O)OC)N(CCC1CC1)c1nc(Cl)ncc1[N+](=O)[O-]. The number of anilines is 1. The van der Waals surface area contributed by atoms with Crippen molar-refractivity contribution < 1.29 is 14.5 Å². The zero-order valence-electron chi connectivity index (χ0n) is 13.1. The van der Waals surface area contributed by atoms with Crippen molar-refractivity contribution >= 4 is 29.1 Å². The summed E-state index contributed by atoms with van der Waals surface area (Å²) in [7, 11) is 1.30. The number of nitrogens with zero attached hydrogens (tertiary/aromatic N) is 4. The molecule has 1 saturated carbocycles. The molecule has 1 fully saturated rings. The highest BCUT2D eigenvalue weighted by Gasteiger charge is 2.33. The lowest BCUT2D eigenvalue weighted by Gasteiger charge is -2.29. The second kappa shape index (κ2) is 7.54. The van der Waals surface area contributed by atoms with E-state index in [1.54, 1.807) is 4.90 Å². The second-order valence-electron chi connectivity index (χ2n) is 5.48. The third-order valence-electron chi connectivity index (χ3n) is 3.90. The maximum absolute atomic E-state index is 12.1. The molecular weight excluding hydrogens is 324 g/mol. The molecule has 1 aliphatic rings. The van der Waals surface area contributed by atoms with Gasteiger partial charge in [0.05, 0.1) is 12.0 Å². The van der Waals surface area contributed by atoms with Crippen molar-refractivity contribution in [2.75, 3.05) is 18.6 Å². The number of nitro groups is 1. The van der Waals surface area contributed by atoms with E-state index >= 15 is 0 Å². The molecule has 2 rings (SSSR count). The molecule has 0 N–H and O–H groups in total. The van der Waals surface area contributed by atoms with Gasteiger partial charge < -0.3 is 9.64 Å². The summed E-state index contributed by atoms with van der Waals surface area (Å²) in [4.78, 5) is 32.1. The van der Waals surface area contributed by atoms with Crippen LogP contribution >= 0.6 is 11.6 Å². The molecule has 0 spiro atoms. The summed E-state index contributed by atoms with van der Waals surface area (Å²) in [6.07, 6.45) is 4.64. The maximum Gasteiger partial charge on any atom is 0.329 e. The second-order valence-corrected chi connectivity index (χ2v) is 5.82. The molecular formula is C14H19ClN4O4. The molecule has 23 heavy (non-hydrogen) atoms. The largest absolute Gasteiger partial charge is 0.467 e. The van der Waals surface area contributed by atoms with Crippen LogP contribution in [0.2, 0.25) is 5.28 Å². The predicted octanol–water partition coefficient (Wildman–Crippen LogP) is 2.60. The zero-order valence-corrected chi connectivity index (χ0v) is 13.8. The molecule has 126 valence electrons. The monoisotopic (exact) mass is 342 g/mol. The molecule has 1 aromatic rings. The van der Waals surface area contributed by atoms with Gasteiger partial charge in [-0.2, -0.15) is 4.98 Å². The van der Waals surface area contributed by atoms with Gasteiger partial charge >= 0.3 is 11.7 Å². The van der Waals surface area contributed by atoms with Gasteiger partial charge in [-0.25, -0.2) is 9.78 Å². The first-order chi connectivity index (χ1) is 11.0. The number of hydrogen-bond acceptors (Lipinski definition) is 7. The minimum Gasteiger partial charge on any atom is -0.467 e. The number of rotatable bonds is 8. The minimum absolute atomic E-state index is 0.0629. The van der Waals surface area contributed by atoms with Crippen LogP contribution in [0.15, 0.2) is 6.20 Å². The minimum atomic E-state index is -0.650. The van der Waals surface area contributed by atoms with Crippen LogP contribution in [0.1, 0.15) is 32.6 Å². The van der Waals surface area contributed by atoms with Gasteiger partial charge in [0.2, 0.25) is 11.1 Å². The van der Waals surface area contributed by atoms with Crippen molar-refractivity contribution in [3.8, 4) is 0 Å². The topological polar surface area (TPSA) is 98.5 Å². The van der Waals surface area contributed by atoms with Gasteiger partial charge in [-0.05, 0) is 30.4 Å². The molecule has 1 heterocycles. The van der Waals surface area contributed by atoms with E-state index in [0.29, 0.717) is 18.9 Å². The van der Waals surface area contributed by atoms with Gasteiger partial charge in [0.25, 0.3) is 0 Å². The number of carbonyl (C=O) groups excluding carboxylic acids is 1. The van der Waals surface area contributed by atoms with E-state index in [4.69, 9.17) is 16.3 Å². The summed E-state index contributed by atoms with van der Waals surface area (Å²) in [5.74, 6) is 0.212. The van der Waals surface area contributed by atoms with Gasteiger partial charge in [0.15, 0.2) is 0 Å². The Morgan fingerprint density at radius 2 is 2.30 bits per heavy atom. The molecule has 9 heteroatoms. The predicted molar refractivity (Wildman–Crippen MR) is 84.5 cm³/mol. The van der Waals surface area contributed by atoms with Crippen LogP contribution < -0.4 is 4.90 Å². The third kappa shape index (κ3) is 4.28. The highest BCUT2D eigenvalue weighted by Crippen LogP contribution is 2.35. The normalized spacial score (nSPS) is 15.1. The Labute approximate surface area is 139 Å².